The number of alkyl halides is 3. The van der Waals surface area contributed by atoms with Crippen molar-refractivity contribution in [3.8, 4) is 0 Å². The molecule has 1 heterocycles. The van der Waals surface area contributed by atoms with Crippen LogP contribution in [0.5, 0.6) is 0 Å². The molecule has 1 aromatic heterocycles. The van der Waals surface area contributed by atoms with E-state index in [0.717, 1.165) is 9.54 Å². The van der Waals surface area contributed by atoms with Crippen LogP contribution >= 0.6 is 60.5 Å². The molecule has 0 saturated carbocycles. The van der Waals surface area contributed by atoms with Gasteiger partial charge in [-0.3, -0.25) is 9.59 Å². The smallest absolute Gasteiger partial charge is 0.481 e. The molecule has 0 saturated heterocycles. The molecule has 1 rings (SSSR count). The summed E-state index contributed by atoms with van der Waals surface area (Å²) in [6.45, 7) is 0.523. The molecular formula is C12H12BrClF3NO5S3. The zero-order valence-electron chi connectivity index (χ0n) is 12.6. The third-order valence-electron chi connectivity index (χ3n) is 2.06. The molecule has 0 atom stereocenters. The Morgan fingerprint density at radius 2 is 1.77 bits per heavy atom. The highest BCUT2D eigenvalue weighted by molar-refractivity contribution is 9.11. The Labute approximate surface area is 171 Å². The lowest BCUT2D eigenvalue weighted by Crippen LogP contribution is -2.24. The average molecular weight is 519 g/mol. The van der Waals surface area contributed by atoms with Gasteiger partial charge in [0.15, 0.2) is 0 Å². The molecule has 0 radical (unpaired) electrons. The van der Waals surface area contributed by atoms with E-state index in [9.17, 15) is 22.8 Å². The lowest BCUT2D eigenvalue weighted by molar-refractivity contribution is -0.192. The van der Waals surface area contributed by atoms with Crippen LogP contribution in [-0.4, -0.2) is 52.3 Å². The Kier molecular flexibility index (Phi) is 12.4. The molecule has 0 bridgehead atoms. The van der Waals surface area contributed by atoms with Crippen LogP contribution in [0.25, 0.3) is 0 Å². The van der Waals surface area contributed by atoms with Crippen LogP contribution in [-0.2, 0) is 9.59 Å². The zero-order chi connectivity index (χ0) is 20.3. The predicted molar refractivity (Wildman–Crippen MR) is 100 cm³/mol. The van der Waals surface area contributed by atoms with E-state index in [2.05, 4.69) is 21.2 Å². The Bertz CT molecular complexity index is 630. The zero-order valence-corrected chi connectivity index (χ0v) is 17.4. The Balaban J connectivity index is 0.000000758. The summed E-state index contributed by atoms with van der Waals surface area (Å²) in [7, 11) is 3.03. The summed E-state index contributed by atoms with van der Waals surface area (Å²) >= 11 is 10.5. The summed E-state index contributed by atoms with van der Waals surface area (Å²) in [6, 6.07) is 1.69. The summed E-state index contributed by atoms with van der Waals surface area (Å²) in [6.07, 6.45) is -4.93. The van der Waals surface area contributed by atoms with E-state index < -0.39 is 18.1 Å². The van der Waals surface area contributed by atoms with Crippen LogP contribution in [0.4, 0.5) is 13.2 Å². The molecule has 26 heavy (non-hydrogen) atoms. The number of carbonyl (C=O) groups is 3. The quantitative estimate of drug-likeness (QED) is 0.346. The lowest BCUT2D eigenvalue weighted by atomic mass is 10.4. The van der Waals surface area contributed by atoms with Crippen LogP contribution in [0.1, 0.15) is 16.1 Å². The van der Waals surface area contributed by atoms with Gasteiger partial charge in [0.2, 0.25) is 0 Å². The van der Waals surface area contributed by atoms with Crippen molar-refractivity contribution in [2.24, 2.45) is 0 Å². The number of carboxylic acids is 2. The van der Waals surface area contributed by atoms with Gasteiger partial charge in [-0.1, -0.05) is 33.2 Å². The van der Waals surface area contributed by atoms with Gasteiger partial charge in [-0.15, -0.1) is 11.3 Å². The number of hydrogen-bond acceptors (Lipinski definition) is 6. The first kappa shape index (κ1) is 25.4. The van der Waals surface area contributed by atoms with Crippen LogP contribution in [0.3, 0.4) is 0 Å². The molecule has 1 aromatic rings. The van der Waals surface area contributed by atoms with Crippen LogP contribution in [0, 0.1) is 0 Å². The lowest BCUT2D eigenvalue weighted by Gasteiger charge is -2.03. The second-order valence-corrected chi connectivity index (χ2v) is 9.61. The van der Waals surface area contributed by atoms with Crippen LogP contribution in [0.2, 0.25) is 5.02 Å². The molecule has 0 aliphatic rings. The maximum atomic E-state index is 11.8. The molecule has 0 aliphatic carbocycles. The third-order valence-corrected chi connectivity index (χ3v) is 6.51. The monoisotopic (exact) mass is 517 g/mol. The molecule has 6 nitrogen and oxygen atoms in total. The normalized spacial score (nSPS) is 10.7. The van der Waals surface area contributed by atoms with E-state index in [0.29, 0.717) is 22.2 Å². The second-order valence-electron chi connectivity index (χ2n) is 4.07. The fourth-order valence-corrected chi connectivity index (χ4v) is 4.83. The number of aliphatic carboxylic acids is 2. The van der Waals surface area contributed by atoms with Crippen molar-refractivity contribution in [2.45, 2.75) is 12.6 Å². The number of rotatable bonds is 8. The second kappa shape index (κ2) is 12.7. The molecule has 0 fully saturated rings. The van der Waals surface area contributed by atoms with Crippen LogP contribution in [0.15, 0.2) is 9.85 Å². The first-order chi connectivity index (χ1) is 11.9. The number of halogens is 5. The average Bonchev–Trinajstić information content (AvgIpc) is 2.84. The Hall–Kier alpha value is -0.630. The van der Waals surface area contributed by atoms with Crippen molar-refractivity contribution in [3.05, 3.63) is 19.8 Å². The minimum absolute atomic E-state index is 0.156. The van der Waals surface area contributed by atoms with Crippen molar-refractivity contribution in [1.82, 2.24) is 5.32 Å². The van der Waals surface area contributed by atoms with Gasteiger partial charge in [-0.2, -0.15) is 13.2 Å². The number of thiophene rings is 1. The van der Waals surface area contributed by atoms with Crippen molar-refractivity contribution >= 4 is 78.3 Å². The number of amides is 1. The third kappa shape index (κ3) is 11.9. The van der Waals surface area contributed by atoms with E-state index in [1.165, 1.54) is 22.1 Å². The molecule has 0 aromatic carbocycles. The molecule has 0 unspecified atom stereocenters. The standard InChI is InChI=1S/C10H11BrClNO3S3.C2HF3O2/c11-7-5-6(12)9(19-7)10(16)13-2-4-18-17-3-1-8(14)15;3-2(4,5)1(6)7/h5H,1-4H2,(H,13,16)(H,14,15);(H,6,7). The molecule has 1 amide bonds. The highest BCUT2D eigenvalue weighted by Gasteiger charge is 2.38. The van der Waals surface area contributed by atoms with Gasteiger partial charge in [0.1, 0.15) is 4.88 Å². The fourth-order valence-electron chi connectivity index (χ4n) is 1.03. The summed E-state index contributed by atoms with van der Waals surface area (Å²) in [4.78, 5) is 31.4. The van der Waals surface area contributed by atoms with Gasteiger partial charge in [-0.05, 0) is 22.0 Å². The predicted octanol–water partition coefficient (Wildman–Crippen LogP) is 4.38. The maximum Gasteiger partial charge on any atom is 0.490 e. The van der Waals surface area contributed by atoms with Gasteiger partial charge < -0.3 is 15.5 Å². The van der Waals surface area contributed by atoms with Crippen molar-refractivity contribution in [1.29, 1.82) is 0 Å². The summed E-state index contributed by atoms with van der Waals surface area (Å²) in [5.74, 6) is -2.44. The van der Waals surface area contributed by atoms with Crippen LogP contribution < -0.4 is 5.32 Å². The Morgan fingerprint density at radius 3 is 2.19 bits per heavy atom. The molecule has 0 spiro atoms. The maximum absolute atomic E-state index is 11.8. The number of carbonyl (C=O) groups excluding carboxylic acids is 1. The number of hydrogen-bond donors (Lipinski definition) is 3. The van der Waals surface area contributed by atoms with Crippen molar-refractivity contribution in [3.63, 3.8) is 0 Å². The first-order valence-corrected chi connectivity index (χ1v) is 10.9. The topological polar surface area (TPSA) is 104 Å². The molecule has 148 valence electrons. The van der Waals surface area contributed by atoms with E-state index >= 15 is 0 Å². The first-order valence-electron chi connectivity index (χ1n) is 6.44. The van der Waals surface area contributed by atoms with Crippen molar-refractivity contribution < 1.29 is 37.8 Å². The highest BCUT2D eigenvalue weighted by Crippen LogP contribution is 2.30. The number of carboxylic acid groups (broad SMARTS) is 2. The minimum atomic E-state index is -5.08. The van der Waals surface area contributed by atoms with Gasteiger partial charge in [-0.25, -0.2) is 4.79 Å². The summed E-state index contributed by atoms with van der Waals surface area (Å²) in [5, 5.41) is 18.8. The molecule has 0 aliphatic heterocycles. The van der Waals surface area contributed by atoms with Gasteiger partial charge >= 0.3 is 18.1 Å². The largest absolute Gasteiger partial charge is 0.490 e. The van der Waals surface area contributed by atoms with E-state index in [1.54, 1.807) is 16.9 Å². The highest BCUT2D eigenvalue weighted by atomic mass is 79.9. The molecular weight excluding hydrogens is 507 g/mol. The number of nitrogens with one attached hydrogen (secondary N) is 1. The summed E-state index contributed by atoms with van der Waals surface area (Å²) < 4.78 is 32.6. The van der Waals surface area contributed by atoms with E-state index in [1.807, 2.05) is 0 Å². The van der Waals surface area contributed by atoms with E-state index in [4.69, 9.17) is 26.6 Å². The van der Waals surface area contributed by atoms with E-state index in [-0.39, 0.29) is 12.3 Å². The van der Waals surface area contributed by atoms with Crippen molar-refractivity contribution in [2.75, 3.05) is 18.1 Å². The van der Waals surface area contributed by atoms with Gasteiger partial charge in [0, 0.05) is 18.1 Å². The van der Waals surface area contributed by atoms with Gasteiger partial charge in [0.25, 0.3) is 5.91 Å². The molecule has 14 heteroatoms. The fraction of sp³-hybridized carbons (Fsp3) is 0.417. The minimum Gasteiger partial charge on any atom is -0.481 e. The Morgan fingerprint density at radius 1 is 1.23 bits per heavy atom. The SMILES string of the molecule is O=C(O)C(F)(F)F.O=C(O)CCSSCCNC(=O)c1sc(Br)cc1Cl. The summed E-state index contributed by atoms with van der Waals surface area (Å²) in [5.41, 5.74) is 0. The molecule has 3 N–H and O–H groups in total. The van der Waals surface area contributed by atoms with Gasteiger partial charge in [0.05, 0.1) is 15.2 Å².